The Morgan fingerprint density at radius 2 is 1.86 bits per heavy atom. The van der Waals surface area contributed by atoms with Gasteiger partial charge in [0.15, 0.2) is 0 Å². The first-order chi connectivity index (χ1) is 9.99. The number of nitrogens with zero attached hydrogens (tertiary/aromatic N) is 1. The highest BCUT2D eigenvalue weighted by Crippen LogP contribution is 2.27. The minimum Gasteiger partial charge on any atom is -0.374 e. The molecule has 21 heavy (non-hydrogen) atoms. The fraction of sp³-hybridized carbons (Fsp3) is 0.333. The molecule has 2 aromatic rings. The lowest BCUT2D eigenvalue weighted by atomic mass is 10.0. The molecule has 1 atom stereocenters. The second-order valence-corrected chi connectivity index (χ2v) is 5.61. The number of halogens is 1. The van der Waals surface area contributed by atoms with Gasteiger partial charge in [0.2, 0.25) is 0 Å². The largest absolute Gasteiger partial charge is 0.374 e. The molecule has 0 aromatic heterocycles. The average Bonchev–Trinajstić information content (AvgIpc) is 2.48. The van der Waals surface area contributed by atoms with Gasteiger partial charge in [-0.05, 0) is 49.1 Å². The Morgan fingerprint density at radius 1 is 1.19 bits per heavy atom. The second-order valence-electron chi connectivity index (χ2n) is 5.61. The summed E-state index contributed by atoms with van der Waals surface area (Å²) >= 11 is 0. The van der Waals surface area contributed by atoms with E-state index >= 15 is 0 Å². The Hall–Kier alpha value is -1.87. The molecule has 2 N–H and O–H groups in total. The SMILES string of the molecule is Cc1cc(N(C)CCc2ccccc2)c([C@H](C)N)cc1F. The summed E-state index contributed by atoms with van der Waals surface area (Å²) in [5.41, 5.74) is 9.80. The number of likely N-dealkylation sites (N-methyl/N-ethyl adjacent to an activating group) is 1. The zero-order valence-corrected chi connectivity index (χ0v) is 12.9. The van der Waals surface area contributed by atoms with Gasteiger partial charge in [-0.25, -0.2) is 4.39 Å². The third-order valence-corrected chi connectivity index (χ3v) is 3.79. The van der Waals surface area contributed by atoms with Crippen LogP contribution in [0.3, 0.4) is 0 Å². The number of hydrogen-bond acceptors (Lipinski definition) is 2. The Labute approximate surface area is 126 Å². The fourth-order valence-corrected chi connectivity index (χ4v) is 2.44. The van der Waals surface area contributed by atoms with Crippen LogP contribution in [0.2, 0.25) is 0 Å². The first kappa shape index (κ1) is 15.5. The van der Waals surface area contributed by atoms with Crippen molar-refractivity contribution in [2.75, 3.05) is 18.5 Å². The lowest BCUT2D eigenvalue weighted by Gasteiger charge is -2.25. The van der Waals surface area contributed by atoms with Crippen LogP contribution in [0.5, 0.6) is 0 Å². The number of nitrogens with two attached hydrogens (primary N) is 1. The molecule has 0 amide bonds. The van der Waals surface area contributed by atoms with E-state index in [4.69, 9.17) is 5.73 Å². The van der Waals surface area contributed by atoms with Crippen LogP contribution in [0, 0.1) is 12.7 Å². The maximum atomic E-state index is 13.8. The van der Waals surface area contributed by atoms with Gasteiger partial charge in [0.25, 0.3) is 0 Å². The number of rotatable bonds is 5. The molecule has 2 nitrogen and oxygen atoms in total. The van der Waals surface area contributed by atoms with E-state index in [9.17, 15) is 4.39 Å². The monoisotopic (exact) mass is 286 g/mol. The maximum absolute atomic E-state index is 13.8. The van der Waals surface area contributed by atoms with Crippen LogP contribution in [0.25, 0.3) is 0 Å². The van der Waals surface area contributed by atoms with Gasteiger partial charge in [-0.2, -0.15) is 0 Å². The molecule has 0 heterocycles. The van der Waals surface area contributed by atoms with Gasteiger partial charge < -0.3 is 10.6 Å². The molecule has 0 aliphatic heterocycles. The fourth-order valence-electron chi connectivity index (χ4n) is 2.44. The van der Waals surface area contributed by atoms with E-state index in [2.05, 4.69) is 17.0 Å². The zero-order valence-electron chi connectivity index (χ0n) is 12.9. The van der Waals surface area contributed by atoms with E-state index < -0.39 is 0 Å². The summed E-state index contributed by atoms with van der Waals surface area (Å²) in [5, 5.41) is 0. The van der Waals surface area contributed by atoms with Crippen molar-refractivity contribution in [3.63, 3.8) is 0 Å². The molecule has 0 saturated carbocycles. The molecule has 3 heteroatoms. The molecule has 0 spiro atoms. The van der Waals surface area contributed by atoms with Gasteiger partial charge in [0.05, 0.1) is 0 Å². The summed E-state index contributed by atoms with van der Waals surface area (Å²) in [6.07, 6.45) is 0.951. The van der Waals surface area contributed by atoms with E-state index in [1.165, 1.54) is 5.56 Å². The van der Waals surface area contributed by atoms with Gasteiger partial charge >= 0.3 is 0 Å². The molecule has 0 bridgehead atoms. The lowest BCUT2D eigenvalue weighted by molar-refractivity contribution is 0.612. The van der Waals surface area contributed by atoms with Crippen molar-refractivity contribution in [2.45, 2.75) is 26.3 Å². The van der Waals surface area contributed by atoms with Gasteiger partial charge in [-0.3, -0.25) is 0 Å². The highest BCUT2D eigenvalue weighted by molar-refractivity contribution is 5.56. The minimum absolute atomic E-state index is 0.186. The van der Waals surface area contributed by atoms with Crippen LogP contribution in [-0.4, -0.2) is 13.6 Å². The van der Waals surface area contributed by atoms with Gasteiger partial charge in [0, 0.05) is 25.3 Å². The predicted octanol–water partition coefficient (Wildman–Crippen LogP) is 3.83. The lowest BCUT2D eigenvalue weighted by Crippen LogP contribution is -2.23. The quantitative estimate of drug-likeness (QED) is 0.905. The zero-order chi connectivity index (χ0) is 15.4. The first-order valence-corrected chi connectivity index (χ1v) is 7.29. The molecule has 0 aliphatic carbocycles. The highest BCUT2D eigenvalue weighted by Gasteiger charge is 2.14. The summed E-state index contributed by atoms with van der Waals surface area (Å²) in [7, 11) is 2.03. The van der Waals surface area contributed by atoms with E-state index in [1.54, 1.807) is 13.0 Å². The van der Waals surface area contributed by atoms with Gasteiger partial charge in [-0.1, -0.05) is 30.3 Å². The van der Waals surface area contributed by atoms with E-state index in [1.807, 2.05) is 38.2 Å². The summed E-state index contributed by atoms with van der Waals surface area (Å²) in [4.78, 5) is 2.15. The van der Waals surface area contributed by atoms with Crippen LogP contribution in [-0.2, 0) is 6.42 Å². The van der Waals surface area contributed by atoms with Crippen molar-refractivity contribution in [2.24, 2.45) is 5.73 Å². The van der Waals surface area contributed by atoms with Crippen molar-refractivity contribution >= 4 is 5.69 Å². The van der Waals surface area contributed by atoms with Crippen LogP contribution >= 0.6 is 0 Å². The van der Waals surface area contributed by atoms with E-state index in [0.717, 1.165) is 24.2 Å². The normalized spacial score (nSPS) is 12.2. The van der Waals surface area contributed by atoms with Crippen LogP contribution in [0.1, 0.15) is 29.7 Å². The highest BCUT2D eigenvalue weighted by atomic mass is 19.1. The minimum atomic E-state index is -0.192. The molecular formula is C18H23FN2. The summed E-state index contributed by atoms with van der Waals surface area (Å²) in [5.74, 6) is -0.192. The van der Waals surface area contributed by atoms with Crippen molar-refractivity contribution in [1.29, 1.82) is 0 Å². The number of hydrogen-bond donors (Lipinski definition) is 1. The molecule has 0 saturated heterocycles. The Kier molecular flexibility index (Phi) is 4.97. The number of anilines is 1. The second kappa shape index (κ2) is 6.72. The van der Waals surface area contributed by atoms with Crippen LogP contribution in [0.15, 0.2) is 42.5 Å². The Morgan fingerprint density at radius 3 is 2.48 bits per heavy atom. The molecule has 0 aliphatic rings. The summed E-state index contributed by atoms with van der Waals surface area (Å²) < 4.78 is 13.8. The van der Waals surface area contributed by atoms with E-state index in [0.29, 0.717) is 5.56 Å². The summed E-state index contributed by atoms with van der Waals surface area (Å²) in [6.45, 7) is 4.54. The third kappa shape index (κ3) is 3.82. The van der Waals surface area contributed by atoms with Gasteiger partial charge in [0.1, 0.15) is 5.82 Å². The molecular weight excluding hydrogens is 263 g/mol. The number of benzene rings is 2. The van der Waals surface area contributed by atoms with Crippen molar-refractivity contribution in [1.82, 2.24) is 0 Å². The molecule has 0 radical (unpaired) electrons. The summed E-state index contributed by atoms with van der Waals surface area (Å²) in [6, 6.07) is 13.6. The molecule has 0 unspecified atom stereocenters. The first-order valence-electron chi connectivity index (χ1n) is 7.29. The molecule has 2 rings (SSSR count). The molecule has 2 aromatic carbocycles. The van der Waals surface area contributed by atoms with Crippen molar-refractivity contribution in [3.8, 4) is 0 Å². The van der Waals surface area contributed by atoms with Crippen LogP contribution < -0.4 is 10.6 Å². The Balaban J connectivity index is 2.18. The van der Waals surface area contributed by atoms with E-state index in [-0.39, 0.29) is 11.9 Å². The van der Waals surface area contributed by atoms with Crippen molar-refractivity contribution in [3.05, 3.63) is 65.0 Å². The number of aryl methyl sites for hydroxylation is 1. The van der Waals surface area contributed by atoms with Crippen molar-refractivity contribution < 1.29 is 4.39 Å². The maximum Gasteiger partial charge on any atom is 0.126 e. The predicted molar refractivity (Wildman–Crippen MR) is 87.2 cm³/mol. The molecule has 112 valence electrons. The van der Waals surface area contributed by atoms with Crippen LogP contribution in [0.4, 0.5) is 10.1 Å². The average molecular weight is 286 g/mol. The molecule has 0 fully saturated rings. The topological polar surface area (TPSA) is 29.3 Å². The van der Waals surface area contributed by atoms with Gasteiger partial charge in [-0.15, -0.1) is 0 Å². The third-order valence-electron chi connectivity index (χ3n) is 3.79. The Bertz CT molecular complexity index is 594. The standard InChI is InChI=1S/C18H23FN2/c1-13-11-18(16(14(2)20)12-17(13)19)21(3)10-9-15-7-5-4-6-8-15/h4-8,11-12,14H,9-10,20H2,1-3H3/t14-/m0/s1. The smallest absolute Gasteiger partial charge is 0.126 e.